The molecule has 250 valence electrons. The molecule has 5 aromatic rings. The molecule has 0 aliphatic heterocycles. The van der Waals surface area contributed by atoms with Crippen LogP contribution in [-0.2, 0) is 19.1 Å². The lowest BCUT2D eigenvalue weighted by atomic mass is 10.1. The summed E-state index contributed by atoms with van der Waals surface area (Å²) in [7, 11) is 0. The maximum Gasteiger partial charge on any atom is 0.353 e. The van der Waals surface area contributed by atoms with Crippen molar-refractivity contribution >= 4 is 73.5 Å². The minimum absolute atomic E-state index is 0.323. The number of thioether (sulfide) groups is 2. The van der Waals surface area contributed by atoms with Gasteiger partial charge in [-0.3, -0.25) is 0 Å². The molecule has 2 aromatic heterocycles. The van der Waals surface area contributed by atoms with E-state index in [2.05, 4.69) is 36.8 Å². The fourth-order valence-electron chi connectivity index (χ4n) is 4.26. The maximum absolute atomic E-state index is 13.0. The van der Waals surface area contributed by atoms with Crippen LogP contribution in [0.15, 0.2) is 114 Å². The number of hydrogen-bond acceptors (Lipinski definition) is 10. The van der Waals surface area contributed by atoms with Gasteiger partial charge in [0.2, 0.25) is 0 Å². The molecule has 0 saturated carbocycles. The van der Waals surface area contributed by atoms with Gasteiger partial charge in [-0.05, 0) is 91.3 Å². The Morgan fingerprint density at radius 3 is 1.74 bits per heavy atom. The van der Waals surface area contributed by atoms with Crippen LogP contribution in [0.25, 0.3) is 9.40 Å². The van der Waals surface area contributed by atoms with Crippen molar-refractivity contribution in [2.75, 3.05) is 24.7 Å². The van der Waals surface area contributed by atoms with Gasteiger partial charge in [-0.1, -0.05) is 36.8 Å². The molecule has 5 rings (SSSR count). The number of benzene rings is 3. The van der Waals surface area contributed by atoms with Crippen LogP contribution >= 0.6 is 46.2 Å². The summed E-state index contributed by atoms with van der Waals surface area (Å²) in [4.78, 5) is 38.8. The van der Waals surface area contributed by atoms with Crippen molar-refractivity contribution in [3.05, 3.63) is 136 Å². The molecule has 0 amide bonds. The number of ether oxygens (including phenoxy) is 3. The molecule has 0 bridgehead atoms. The summed E-state index contributed by atoms with van der Waals surface area (Å²) in [5, 5.41) is 0. The highest BCUT2D eigenvalue weighted by Gasteiger charge is 2.16. The van der Waals surface area contributed by atoms with E-state index in [0.717, 1.165) is 58.5 Å². The van der Waals surface area contributed by atoms with E-state index in [4.69, 9.17) is 14.2 Å². The van der Waals surface area contributed by atoms with Gasteiger partial charge in [0.05, 0.1) is 4.88 Å². The number of carbonyl (C=O) groups is 3. The Hall–Kier alpha value is -4.97. The summed E-state index contributed by atoms with van der Waals surface area (Å²) in [6.07, 6.45) is 2.31. The van der Waals surface area contributed by atoms with Gasteiger partial charge in [-0.25, -0.2) is 14.4 Å². The molecular formula is C40H30O6S4. The predicted octanol–water partition coefficient (Wildman–Crippen LogP) is 8.93. The fourth-order valence-corrected chi connectivity index (χ4v) is 7.85. The molecule has 0 N–H and O–H groups in total. The molecule has 0 unspecified atom stereocenters. The van der Waals surface area contributed by atoms with Crippen molar-refractivity contribution in [3.8, 4) is 29.4 Å². The van der Waals surface area contributed by atoms with Gasteiger partial charge < -0.3 is 14.2 Å². The highest BCUT2D eigenvalue weighted by atomic mass is 32.2. The first kappa shape index (κ1) is 36.3. The molecule has 0 aliphatic carbocycles. The predicted molar refractivity (Wildman–Crippen MR) is 204 cm³/mol. The van der Waals surface area contributed by atoms with Crippen molar-refractivity contribution in [3.63, 3.8) is 0 Å². The second-order valence-corrected chi connectivity index (χ2v) is 14.8. The van der Waals surface area contributed by atoms with Crippen LogP contribution in [0, 0.1) is 30.6 Å². The number of aryl methyl sites for hydroxylation is 1. The molecule has 0 aliphatic rings. The Kier molecular flexibility index (Phi) is 13.2. The number of thiophene rings is 2. The van der Waals surface area contributed by atoms with E-state index < -0.39 is 17.9 Å². The van der Waals surface area contributed by atoms with Crippen LogP contribution in [-0.4, -0.2) is 42.6 Å². The second kappa shape index (κ2) is 18.1. The summed E-state index contributed by atoms with van der Waals surface area (Å²) < 4.78 is 17.7. The number of hydrogen-bond donors (Lipinski definition) is 0. The van der Waals surface area contributed by atoms with E-state index in [1.807, 2.05) is 79.7 Å². The summed E-state index contributed by atoms with van der Waals surface area (Å²) >= 11 is 6.12. The quantitative estimate of drug-likeness (QED) is 0.0314. The van der Waals surface area contributed by atoms with Crippen LogP contribution in [0.1, 0.15) is 36.8 Å². The monoisotopic (exact) mass is 734 g/mol. The van der Waals surface area contributed by atoms with Gasteiger partial charge in [-0.2, -0.15) is 0 Å². The smallest absolute Gasteiger partial charge is 0.353 e. The molecule has 0 radical (unpaired) electrons. The Balaban J connectivity index is 1.12. The van der Waals surface area contributed by atoms with Crippen LogP contribution in [0.5, 0.6) is 5.75 Å². The lowest BCUT2D eigenvalue weighted by Crippen LogP contribution is -2.07. The third-order valence-corrected chi connectivity index (χ3v) is 10.8. The number of carbonyl (C=O) groups excluding carboxylic acids is 3. The van der Waals surface area contributed by atoms with E-state index in [1.165, 1.54) is 22.7 Å². The zero-order chi connectivity index (χ0) is 35.3. The molecule has 0 saturated heterocycles. The van der Waals surface area contributed by atoms with Crippen molar-refractivity contribution in [1.29, 1.82) is 0 Å². The topological polar surface area (TPSA) is 78.9 Å². The average molecular weight is 735 g/mol. The Morgan fingerprint density at radius 1 is 0.680 bits per heavy atom. The van der Waals surface area contributed by atoms with Crippen molar-refractivity contribution in [2.24, 2.45) is 0 Å². The molecule has 2 heterocycles. The summed E-state index contributed by atoms with van der Waals surface area (Å²) in [6.45, 7) is 9.31. The van der Waals surface area contributed by atoms with Crippen molar-refractivity contribution < 1.29 is 28.6 Å². The largest absolute Gasteiger partial charge is 0.462 e. The molecular weight excluding hydrogens is 705 g/mol. The Labute approximate surface area is 307 Å². The molecule has 0 fully saturated rings. The fraction of sp³-hybridized carbons (Fsp3) is 0.125. The van der Waals surface area contributed by atoms with Gasteiger partial charge in [-0.15, -0.1) is 46.2 Å². The van der Waals surface area contributed by atoms with Crippen LogP contribution in [0.3, 0.4) is 0 Å². The van der Waals surface area contributed by atoms with Crippen LogP contribution in [0.4, 0.5) is 0 Å². The molecule has 0 atom stereocenters. The van der Waals surface area contributed by atoms with Gasteiger partial charge in [0, 0.05) is 59.5 Å². The van der Waals surface area contributed by atoms with Gasteiger partial charge in [0.15, 0.2) is 0 Å². The first-order valence-corrected chi connectivity index (χ1v) is 18.8. The van der Waals surface area contributed by atoms with E-state index >= 15 is 0 Å². The molecule has 0 spiro atoms. The first-order valence-electron chi connectivity index (χ1n) is 15.2. The third-order valence-electron chi connectivity index (χ3n) is 6.70. The molecule has 3 aromatic carbocycles. The zero-order valence-electron chi connectivity index (χ0n) is 27.0. The number of esters is 3. The van der Waals surface area contributed by atoms with E-state index in [1.54, 1.807) is 29.6 Å². The zero-order valence-corrected chi connectivity index (χ0v) is 30.3. The number of fused-ring (bicyclic) bond motifs is 1. The highest BCUT2D eigenvalue weighted by molar-refractivity contribution is 7.99. The summed E-state index contributed by atoms with van der Waals surface area (Å²) in [5.74, 6) is 13.3. The van der Waals surface area contributed by atoms with Crippen molar-refractivity contribution in [1.82, 2.24) is 0 Å². The van der Waals surface area contributed by atoms with Crippen LogP contribution < -0.4 is 4.74 Å². The third kappa shape index (κ3) is 10.8. The maximum atomic E-state index is 13.0. The summed E-state index contributed by atoms with van der Waals surface area (Å²) in [6, 6.07) is 25.2. The lowest BCUT2D eigenvalue weighted by Gasteiger charge is -2.06. The molecule has 6 nitrogen and oxygen atoms in total. The van der Waals surface area contributed by atoms with E-state index in [-0.39, 0.29) is 0 Å². The standard InChI is InChI=1S/C40H30O6S4/c1-4-38(41)44-20-22-47-31-14-8-28(9-15-31)6-7-30-13-19-34(27(3)24-30)46-40(43)37-26-36-35(50-37)25-33(49-36)18-12-29-10-16-32(17-11-29)48-23-21-45-39(42)5-2/h4-5,8-11,13-17,19,24-26H,1-2,20-23H2,3H3. The highest BCUT2D eigenvalue weighted by Crippen LogP contribution is 2.34. The second-order valence-electron chi connectivity index (χ2n) is 10.3. The van der Waals surface area contributed by atoms with Crippen molar-refractivity contribution in [2.45, 2.75) is 16.7 Å². The molecule has 10 heteroatoms. The van der Waals surface area contributed by atoms with Gasteiger partial charge in [0.25, 0.3) is 0 Å². The first-order chi connectivity index (χ1) is 24.3. The Bertz CT molecular complexity index is 2120. The SMILES string of the molecule is C=CC(=O)OCCSc1ccc(C#Cc2ccc(OC(=O)c3cc4sc(C#Cc5ccc(SCCOC(=O)C=C)cc5)cc4s3)c(C)c2)cc1. The number of rotatable bonds is 12. The van der Waals surface area contributed by atoms with E-state index in [0.29, 0.717) is 35.3 Å². The lowest BCUT2D eigenvalue weighted by molar-refractivity contribution is -0.138. The van der Waals surface area contributed by atoms with Gasteiger partial charge in [0.1, 0.15) is 23.8 Å². The minimum atomic E-state index is -0.419. The summed E-state index contributed by atoms with van der Waals surface area (Å²) in [5.41, 5.74) is 3.39. The van der Waals surface area contributed by atoms with Gasteiger partial charge >= 0.3 is 17.9 Å². The van der Waals surface area contributed by atoms with E-state index in [9.17, 15) is 14.4 Å². The molecule has 50 heavy (non-hydrogen) atoms. The normalized spacial score (nSPS) is 10.3. The van der Waals surface area contributed by atoms with Crippen LogP contribution in [0.2, 0.25) is 0 Å². The minimum Gasteiger partial charge on any atom is -0.462 e. The average Bonchev–Trinajstić information content (AvgIpc) is 3.71. The Morgan fingerprint density at radius 2 is 1.20 bits per heavy atom.